The summed E-state index contributed by atoms with van der Waals surface area (Å²) in [5, 5.41) is 9.71. The molecule has 4 heteroatoms. The molecule has 0 radical (unpaired) electrons. The molecule has 0 aliphatic carbocycles. The van der Waals surface area contributed by atoms with Gasteiger partial charge in [-0.1, -0.05) is 11.6 Å². The van der Waals surface area contributed by atoms with Crippen LogP contribution in [0.15, 0.2) is 18.3 Å². The van der Waals surface area contributed by atoms with Gasteiger partial charge in [0.2, 0.25) is 0 Å². The van der Waals surface area contributed by atoms with Crippen LogP contribution in [0, 0.1) is 0 Å². The van der Waals surface area contributed by atoms with Crippen molar-refractivity contribution in [2.24, 2.45) is 5.73 Å². The van der Waals surface area contributed by atoms with Crippen molar-refractivity contribution < 1.29 is 5.11 Å². The van der Waals surface area contributed by atoms with Gasteiger partial charge in [0, 0.05) is 6.20 Å². The zero-order chi connectivity index (χ0) is 9.14. The van der Waals surface area contributed by atoms with E-state index in [0.717, 1.165) is 0 Å². The predicted molar refractivity (Wildman–Crippen MR) is 47.9 cm³/mol. The quantitative estimate of drug-likeness (QED) is 0.728. The van der Waals surface area contributed by atoms with Gasteiger partial charge in [-0.05, 0) is 19.1 Å². The molecule has 0 aromatic carbocycles. The van der Waals surface area contributed by atoms with Gasteiger partial charge in [0.1, 0.15) is 0 Å². The third-order valence-corrected chi connectivity index (χ3v) is 1.84. The van der Waals surface area contributed by atoms with Gasteiger partial charge < -0.3 is 10.8 Å². The Hall–Kier alpha value is -0.640. The highest BCUT2D eigenvalue weighted by Gasteiger charge is 2.12. The Bertz CT molecular complexity index is 248. The molecule has 66 valence electrons. The Labute approximate surface area is 76.2 Å². The molecular weight excluding hydrogens is 176 g/mol. The topological polar surface area (TPSA) is 59.1 Å². The second kappa shape index (κ2) is 3.85. The number of hydrogen-bond acceptors (Lipinski definition) is 3. The molecule has 1 aromatic heterocycles. The molecule has 1 rings (SSSR count). The first-order chi connectivity index (χ1) is 5.61. The average molecular weight is 187 g/mol. The second-order valence-electron chi connectivity index (χ2n) is 2.67. The van der Waals surface area contributed by atoms with Gasteiger partial charge in [-0.2, -0.15) is 0 Å². The van der Waals surface area contributed by atoms with Crippen LogP contribution in [0.2, 0.25) is 5.02 Å². The van der Waals surface area contributed by atoms with Crippen LogP contribution in [-0.2, 0) is 0 Å². The summed E-state index contributed by atoms with van der Waals surface area (Å²) in [4.78, 5) is 3.98. The normalized spacial score (nSPS) is 15.7. The molecule has 0 saturated carbocycles. The van der Waals surface area contributed by atoms with Crippen LogP contribution in [0.3, 0.4) is 0 Å². The molecule has 1 heterocycles. The SMILES string of the molecule is C[C@H](O)[C@H](N)c1ccc(Cl)cn1. The molecule has 0 spiro atoms. The Morgan fingerprint density at radius 3 is 2.67 bits per heavy atom. The molecule has 0 amide bonds. The molecule has 1 aromatic rings. The number of hydrogen-bond donors (Lipinski definition) is 2. The fourth-order valence-corrected chi connectivity index (χ4v) is 0.943. The van der Waals surface area contributed by atoms with Crippen molar-refractivity contribution in [2.75, 3.05) is 0 Å². The van der Waals surface area contributed by atoms with E-state index in [1.54, 1.807) is 19.1 Å². The third-order valence-electron chi connectivity index (χ3n) is 1.61. The summed E-state index contributed by atoms with van der Waals surface area (Å²) in [5.74, 6) is 0. The summed E-state index contributed by atoms with van der Waals surface area (Å²) in [7, 11) is 0. The van der Waals surface area contributed by atoms with E-state index in [9.17, 15) is 0 Å². The summed E-state index contributed by atoms with van der Waals surface area (Å²) >= 11 is 5.63. The Morgan fingerprint density at radius 2 is 2.25 bits per heavy atom. The lowest BCUT2D eigenvalue weighted by atomic mass is 10.1. The summed E-state index contributed by atoms with van der Waals surface area (Å²) < 4.78 is 0. The number of halogens is 1. The van der Waals surface area contributed by atoms with E-state index in [1.165, 1.54) is 6.20 Å². The molecule has 2 atom stereocenters. The number of rotatable bonds is 2. The highest BCUT2D eigenvalue weighted by molar-refractivity contribution is 6.30. The van der Waals surface area contributed by atoms with Crippen LogP contribution in [0.25, 0.3) is 0 Å². The van der Waals surface area contributed by atoms with Crippen LogP contribution in [-0.4, -0.2) is 16.2 Å². The number of aliphatic hydroxyl groups is 1. The van der Waals surface area contributed by atoms with Crippen molar-refractivity contribution >= 4 is 11.6 Å². The smallest absolute Gasteiger partial charge is 0.0730 e. The van der Waals surface area contributed by atoms with E-state index in [2.05, 4.69) is 4.98 Å². The van der Waals surface area contributed by atoms with Gasteiger partial charge in [-0.3, -0.25) is 4.98 Å². The molecule has 3 nitrogen and oxygen atoms in total. The maximum absolute atomic E-state index is 9.15. The van der Waals surface area contributed by atoms with E-state index in [1.807, 2.05) is 0 Å². The Balaban J connectivity index is 2.82. The number of nitrogens with two attached hydrogens (primary N) is 1. The van der Waals surface area contributed by atoms with Gasteiger partial charge in [0.25, 0.3) is 0 Å². The van der Waals surface area contributed by atoms with Crippen molar-refractivity contribution in [1.82, 2.24) is 4.98 Å². The summed E-state index contributed by atoms with van der Waals surface area (Å²) in [5.41, 5.74) is 6.28. The van der Waals surface area contributed by atoms with Gasteiger partial charge >= 0.3 is 0 Å². The van der Waals surface area contributed by atoms with E-state index in [0.29, 0.717) is 10.7 Å². The largest absolute Gasteiger partial charge is 0.391 e. The summed E-state index contributed by atoms with van der Waals surface area (Å²) in [6, 6.07) is 2.97. The van der Waals surface area contributed by atoms with Crippen molar-refractivity contribution in [3.8, 4) is 0 Å². The molecule has 0 saturated heterocycles. The fraction of sp³-hybridized carbons (Fsp3) is 0.375. The highest BCUT2D eigenvalue weighted by atomic mass is 35.5. The fourth-order valence-electron chi connectivity index (χ4n) is 0.832. The number of aromatic nitrogens is 1. The summed E-state index contributed by atoms with van der Waals surface area (Å²) in [6.07, 6.45) is 0.915. The van der Waals surface area contributed by atoms with Crippen molar-refractivity contribution in [1.29, 1.82) is 0 Å². The molecule has 0 fully saturated rings. The molecular formula is C8H11ClN2O. The third kappa shape index (κ3) is 2.17. The van der Waals surface area contributed by atoms with Crippen LogP contribution in [0.4, 0.5) is 0 Å². The maximum atomic E-state index is 9.15. The minimum absolute atomic E-state index is 0.442. The second-order valence-corrected chi connectivity index (χ2v) is 3.10. The first kappa shape index (κ1) is 9.45. The molecule has 0 bridgehead atoms. The van der Waals surface area contributed by atoms with Crippen molar-refractivity contribution in [3.05, 3.63) is 29.0 Å². The van der Waals surface area contributed by atoms with Gasteiger partial charge in [0.05, 0.1) is 22.9 Å². The lowest BCUT2D eigenvalue weighted by molar-refractivity contribution is 0.162. The minimum Gasteiger partial charge on any atom is -0.391 e. The molecule has 3 N–H and O–H groups in total. The van der Waals surface area contributed by atoms with Crippen LogP contribution in [0.5, 0.6) is 0 Å². The van der Waals surface area contributed by atoms with Crippen LogP contribution < -0.4 is 5.73 Å². The monoisotopic (exact) mass is 186 g/mol. The summed E-state index contributed by atoms with van der Waals surface area (Å²) in [6.45, 7) is 1.63. The van der Waals surface area contributed by atoms with Crippen LogP contribution in [0.1, 0.15) is 18.7 Å². The molecule has 0 aliphatic rings. The van der Waals surface area contributed by atoms with Gasteiger partial charge in [0.15, 0.2) is 0 Å². The van der Waals surface area contributed by atoms with E-state index >= 15 is 0 Å². The standard InChI is InChI=1S/C8H11ClN2O/c1-5(12)8(10)7-3-2-6(9)4-11-7/h2-5,8,12H,10H2,1H3/t5-,8-/m0/s1. The first-order valence-electron chi connectivity index (χ1n) is 3.66. The Kier molecular flexibility index (Phi) is 3.03. The Morgan fingerprint density at radius 1 is 1.58 bits per heavy atom. The minimum atomic E-state index is -0.598. The maximum Gasteiger partial charge on any atom is 0.0730 e. The van der Waals surface area contributed by atoms with Crippen LogP contribution >= 0.6 is 11.6 Å². The lowest BCUT2D eigenvalue weighted by Gasteiger charge is -2.13. The van der Waals surface area contributed by atoms with E-state index in [4.69, 9.17) is 22.4 Å². The number of aliphatic hydroxyl groups excluding tert-OH is 1. The highest BCUT2D eigenvalue weighted by Crippen LogP contribution is 2.13. The van der Waals surface area contributed by atoms with E-state index in [-0.39, 0.29) is 0 Å². The first-order valence-corrected chi connectivity index (χ1v) is 4.04. The van der Waals surface area contributed by atoms with E-state index < -0.39 is 12.1 Å². The lowest BCUT2D eigenvalue weighted by Crippen LogP contribution is -2.23. The van der Waals surface area contributed by atoms with Gasteiger partial charge in [-0.15, -0.1) is 0 Å². The average Bonchev–Trinajstić information content (AvgIpc) is 2.04. The predicted octanol–water partition coefficient (Wildman–Crippen LogP) is 1.12. The number of nitrogens with zero attached hydrogens (tertiary/aromatic N) is 1. The zero-order valence-corrected chi connectivity index (χ0v) is 7.49. The number of pyridine rings is 1. The molecule has 12 heavy (non-hydrogen) atoms. The zero-order valence-electron chi connectivity index (χ0n) is 6.74. The van der Waals surface area contributed by atoms with Crippen molar-refractivity contribution in [2.45, 2.75) is 19.1 Å². The van der Waals surface area contributed by atoms with Gasteiger partial charge in [-0.25, -0.2) is 0 Å². The van der Waals surface area contributed by atoms with Crippen molar-refractivity contribution in [3.63, 3.8) is 0 Å². The molecule has 0 aliphatic heterocycles. The molecule has 0 unspecified atom stereocenters.